The van der Waals surface area contributed by atoms with E-state index in [1.54, 1.807) is 9.80 Å². The van der Waals surface area contributed by atoms with Gasteiger partial charge in [0.2, 0.25) is 11.8 Å². The van der Waals surface area contributed by atoms with Crippen molar-refractivity contribution in [3.8, 4) is 0 Å². The molecule has 6 nitrogen and oxygen atoms in total. The van der Waals surface area contributed by atoms with Crippen LogP contribution >= 0.6 is 0 Å². The normalized spacial score (nSPS) is 24.0. The van der Waals surface area contributed by atoms with Crippen molar-refractivity contribution in [2.45, 2.75) is 31.8 Å². The highest BCUT2D eigenvalue weighted by Gasteiger charge is 2.38. The Kier molecular flexibility index (Phi) is 5.39. The number of aliphatic hydroxyl groups excluding tert-OH is 1. The number of benzene rings is 1. The minimum atomic E-state index is -0.780. The zero-order valence-electron chi connectivity index (χ0n) is 14.7. The predicted octanol–water partition coefficient (Wildman–Crippen LogP) is 0.750. The maximum Gasteiger partial charge on any atom is 0.242 e. The Morgan fingerprint density at radius 3 is 2.68 bits per heavy atom. The standard InChI is InChI=1S/C19H26N2O4/c1-15-4-6-16(7-5-15)11-19(14-22)13-21(9-10-25-19)18(24)12-20-8-2-3-17(20)23/h4-7,22H,2-3,8-14H2,1H3/t19-/m1/s1. The number of hydrogen-bond donors (Lipinski definition) is 1. The summed E-state index contributed by atoms with van der Waals surface area (Å²) in [6.45, 7) is 3.91. The fraction of sp³-hybridized carbons (Fsp3) is 0.579. The van der Waals surface area contributed by atoms with E-state index in [1.165, 1.54) is 5.56 Å². The molecule has 3 rings (SSSR count). The van der Waals surface area contributed by atoms with Crippen molar-refractivity contribution >= 4 is 11.8 Å². The molecule has 2 aliphatic heterocycles. The lowest BCUT2D eigenvalue weighted by Crippen LogP contribution is -2.58. The zero-order chi connectivity index (χ0) is 17.9. The molecule has 0 radical (unpaired) electrons. The maximum absolute atomic E-state index is 12.6. The number of ether oxygens (including phenoxy) is 1. The molecule has 0 bridgehead atoms. The highest BCUT2D eigenvalue weighted by molar-refractivity contribution is 5.86. The second kappa shape index (κ2) is 7.54. The Labute approximate surface area is 148 Å². The van der Waals surface area contributed by atoms with E-state index in [2.05, 4.69) is 0 Å². The van der Waals surface area contributed by atoms with Gasteiger partial charge in [-0.15, -0.1) is 0 Å². The van der Waals surface area contributed by atoms with Crippen LogP contribution in [-0.4, -0.2) is 71.7 Å². The van der Waals surface area contributed by atoms with Gasteiger partial charge in [0, 0.05) is 25.9 Å². The van der Waals surface area contributed by atoms with Gasteiger partial charge in [0.15, 0.2) is 0 Å². The van der Waals surface area contributed by atoms with Crippen LogP contribution < -0.4 is 0 Å². The molecule has 6 heteroatoms. The number of carbonyl (C=O) groups excluding carboxylic acids is 2. The SMILES string of the molecule is Cc1ccc(C[C@]2(CO)CN(C(=O)CN3CCCC3=O)CCO2)cc1. The van der Waals surface area contributed by atoms with E-state index < -0.39 is 5.60 Å². The number of aliphatic hydroxyl groups is 1. The Morgan fingerprint density at radius 1 is 1.28 bits per heavy atom. The van der Waals surface area contributed by atoms with Crippen molar-refractivity contribution in [2.75, 3.05) is 39.4 Å². The Balaban J connectivity index is 1.65. The number of rotatable bonds is 5. The van der Waals surface area contributed by atoms with Gasteiger partial charge in [0.1, 0.15) is 5.60 Å². The summed E-state index contributed by atoms with van der Waals surface area (Å²) < 4.78 is 5.90. The van der Waals surface area contributed by atoms with E-state index in [-0.39, 0.29) is 25.0 Å². The van der Waals surface area contributed by atoms with Gasteiger partial charge in [-0.2, -0.15) is 0 Å². The lowest BCUT2D eigenvalue weighted by molar-refractivity contribution is -0.159. The van der Waals surface area contributed by atoms with Crippen LogP contribution in [0.25, 0.3) is 0 Å². The molecule has 2 saturated heterocycles. The minimum absolute atomic E-state index is 0.0506. The summed E-state index contributed by atoms with van der Waals surface area (Å²) in [5.74, 6) is -0.0185. The third-order valence-electron chi connectivity index (χ3n) is 5.03. The second-order valence-electron chi connectivity index (χ2n) is 7.09. The monoisotopic (exact) mass is 346 g/mol. The minimum Gasteiger partial charge on any atom is -0.393 e. The molecule has 0 unspecified atom stereocenters. The molecule has 0 aromatic heterocycles. The largest absolute Gasteiger partial charge is 0.393 e. The van der Waals surface area contributed by atoms with E-state index in [9.17, 15) is 14.7 Å². The summed E-state index contributed by atoms with van der Waals surface area (Å²) in [6.07, 6.45) is 1.91. The van der Waals surface area contributed by atoms with Crippen LogP contribution in [0.4, 0.5) is 0 Å². The van der Waals surface area contributed by atoms with Crippen LogP contribution in [0, 0.1) is 6.92 Å². The van der Waals surface area contributed by atoms with Crippen LogP contribution in [0.15, 0.2) is 24.3 Å². The molecule has 2 amide bonds. The third-order valence-corrected chi connectivity index (χ3v) is 5.03. The molecule has 1 atom stereocenters. The molecule has 136 valence electrons. The van der Waals surface area contributed by atoms with Gasteiger partial charge in [-0.1, -0.05) is 29.8 Å². The molecule has 1 aromatic carbocycles. The number of hydrogen-bond acceptors (Lipinski definition) is 4. The van der Waals surface area contributed by atoms with Gasteiger partial charge >= 0.3 is 0 Å². The summed E-state index contributed by atoms with van der Waals surface area (Å²) in [5, 5.41) is 9.96. The first kappa shape index (κ1) is 17.9. The highest BCUT2D eigenvalue weighted by atomic mass is 16.5. The highest BCUT2D eigenvalue weighted by Crippen LogP contribution is 2.24. The predicted molar refractivity (Wildman–Crippen MR) is 93.0 cm³/mol. The number of amides is 2. The molecule has 2 aliphatic rings. The summed E-state index contributed by atoms with van der Waals surface area (Å²) in [6, 6.07) is 8.12. The van der Waals surface area contributed by atoms with Gasteiger partial charge < -0.3 is 19.6 Å². The van der Waals surface area contributed by atoms with Crippen molar-refractivity contribution < 1.29 is 19.4 Å². The van der Waals surface area contributed by atoms with Gasteiger partial charge in [-0.25, -0.2) is 0 Å². The Morgan fingerprint density at radius 2 is 2.04 bits per heavy atom. The Bertz CT molecular complexity index is 631. The number of likely N-dealkylation sites (tertiary alicyclic amines) is 1. The fourth-order valence-corrected chi connectivity index (χ4v) is 3.53. The Hall–Kier alpha value is -1.92. The van der Waals surface area contributed by atoms with E-state index >= 15 is 0 Å². The van der Waals surface area contributed by atoms with E-state index in [4.69, 9.17) is 4.74 Å². The van der Waals surface area contributed by atoms with Crippen molar-refractivity contribution in [3.63, 3.8) is 0 Å². The van der Waals surface area contributed by atoms with Crippen molar-refractivity contribution in [1.82, 2.24) is 9.80 Å². The van der Waals surface area contributed by atoms with Crippen LogP contribution in [-0.2, 0) is 20.7 Å². The molecule has 1 N–H and O–H groups in total. The lowest BCUT2D eigenvalue weighted by atomic mass is 9.92. The van der Waals surface area contributed by atoms with Gasteiger partial charge in [0.25, 0.3) is 0 Å². The summed E-state index contributed by atoms with van der Waals surface area (Å²) >= 11 is 0. The molecule has 2 fully saturated rings. The van der Waals surface area contributed by atoms with E-state index in [0.29, 0.717) is 39.1 Å². The average Bonchev–Trinajstić information content (AvgIpc) is 3.02. The molecular formula is C19H26N2O4. The van der Waals surface area contributed by atoms with Crippen LogP contribution in [0.1, 0.15) is 24.0 Å². The average molecular weight is 346 g/mol. The number of carbonyl (C=O) groups is 2. The first-order valence-electron chi connectivity index (χ1n) is 8.87. The number of morpholine rings is 1. The second-order valence-corrected chi connectivity index (χ2v) is 7.09. The smallest absolute Gasteiger partial charge is 0.242 e. The first-order valence-corrected chi connectivity index (χ1v) is 8.87. The van der Waals surface area contributed by atoms with Crippen molar-refractivity contribution in [1.29, 1.82) is 0 Å². The van der Waals surface area contributed by atoms with Crippen LogP contribution in [0.5, 0.6) is 0 Å². The summed E-state index contributed by atoms with van der Waals surface area (Å²) in [5.41, 5.74) is 1.47. The molecule has 1 aromatic rings. The zero-order valence-corrected chi connectivity index (χ0v) is 14.7. The number of aryl methyl sites for hydroxylation is 1. The number of nitrogens with zero attached hydrogens (tertiary/aromatic N) is 2. The molecule has 25 heavy (non-hydrogen) atoms. The van der Waals surface area contributed by atoms with E-state index in [1.807, 2.05) is 31.2 Å². The molecule has 0 aliphatic carbocycles. The van der Waals surface area contributed by atoms with Gasteiger partial charge in [-0.3, -0.25) is 9.59 Å². The molecule has 0 spiro atoms. The van der Waals surface area contributed by atoms with Crippen LogP contribution in [0.2, 0.25) is 0 Å². The summed E-state index contributed by atoms with van der Waals surface area (Å²) in [7, 11) is 0. The van der Waals surface area contributed by atoms with Gasteiger partial charge in [0.05, 0.1) is 26.3 Å². The molecular weight excluding hydrogens is 320 g/mol. The van der Waals surface area contributed by atoms with Crippen molar-refractivity contribution in [3.05, 3.63) is 35.4 Å². The first-order chi connectivity index (χ1) is 12.0. The lowest BCUT2D eigenvalue weighted by Gasteiger charge is -2.42. The topological polar surface area (TPSA) is 70.1 Å². The quantitative estimate of drug-likeness (QED) is 0.854. The summed E-state index contributed by atoms with van der Waals surface area (Å²) in [4.78, 5) is 27.7. The molecule has 2 heterocycles. The van der Waals surface area contributed by atoms with Crippen molar-refractivity contribution in [2.24, 2.45) is 0 Å². The van der Waals surface area contributed by atoms with Gasteiger partial charge in [-0.05, 0) is 18.9 Å². The maximum atomic E-state index is 12.6. The van der Waals surface area contributed by atoms with Crippen LogP contribution in [0.3, 0.4) is 0 Å². The van der Waals surface area contributed by atoms with E-state index in [0.717, 1.165) is 12.0 Å². The fourth-order valence-electron chi connectivity index (χ4n) is 3.53. The third kappa shape index (κ3) is 4.19. The molecule has 0 saturated carbocycles.